The normalized spacial score (nSPS) is 12.0. The maximum atomic E-state index is 12.7. The minimum atomic E-state index is -0.287. The number of nitrogen functional groups attached to an aromatic ring is 2. The minimum Gasteiger partial charge on any atom is -0.399 e. The summed E-state index contributed by atoms with van der Waals surface area (Å²) in [5, 5.41) is 3.05. The van der Waals surface area contributed by atoms with Crippen LogP contribution in [0.2, 0.25) is 0 Å². The first kappa shape index (κ1) is 25.6. The number of H-pyrrole nitrogens is 1. The molecule has 1 unspecified atom stereocenters. The number of alkyl halides is 1. The van der Waals surface area contributed by atoms with Crippen LogP contribution < -0.4 is 22.5 Å². The highest BCUT2D eigenvalue weighted by Gasteiger charge is 2.19. The zero-order valence-corrected chi connectivity index (χ0v) is 20.1. The standard InChI is InChI=1S/C20H23ClN6O.C6H7N/c21-12-18(23)24-11-3-6-17(19-25-15-4-1-2-5-16(15)26-19)27-20(28)13-7-9-14(22)10-8-13;7-6-4-2-1-3-5-6/h1-2,4-5,7-10,17H,3,6,11-12,22H2,(H2,23,24)(H,25,26)(H,27,28);1-5H,7H2. The van der Waals surface area contributed by atoms with Crippen molar-refractivity contribution in [2.75, 3.05) is 23.9 Å². The lowest BCUT2D eigenvalue weighted by atomic mass is 10.1. The first-order valence-electron chi connectivity index (χ1n) is 11.2. The molecule has 0 spiro atoms. The predicted octanol–water partition coefficient (Wildman–Crippen LogP) is 4.26. The number of amides is 1. The van der Waals surface area contributed by atoms with Crippen LogP contribution in [-0.4, -0.2) is 34.1 Å². The fourth-order valence-electron chi connectivity index (χ4n) is 3.30. The third-order valence-corrected chi connectivity index (χ3v) is 5.39. The topological polar surface area (TPSA) is 148 Å². The zero-order valence-electron chi connectivity index (χ0n) is 19.3. The van der Waals surface area contributed by atoms with Crippen molar-refractivity contribution in [2.45, 2.75) is 18.9 Å². The van der Waals surface area contributed by atoms with Crippen LogP contribution in [-0.2, 0) is 0 Å². The van der Waals surface area contributed by atoms with Crippen LogP contribution >= 0.6 is 11.6 Å². The van der Waals surface area contributed by atoms with E-state index in [1.54, 1.807) is 24.3 Å². The molecule has 9 heteroatoms. The van der Waals surface area contributed by atoms with Gasteiger partial charge in [0.05, 0.1) is 23.0 Å². The summed E-state index contributed by atoms with van der Waals surface area (Å²) in [5.74, 6) is 1.14. The number of halogens is 1. The Labute approximate surface area is 209 Å². The van der Waals surface area contributed by atoms with E-state index in [2.05, 4.69) is 20.3 Å². The Morgan fingerprint density at radius 1 is 0.971 bits per heavy atom. The summed E-state index contributed by atoms with van der Waals surface area (Å²) >= 11 is 5.65. The summed E-state index contributed by atoms with van der Waals surface area (Å²) in [6.07, 6.45) is 1.38. The molecule has 182 valence electrons. The fourth-order valence-corrected chi connectivity index (χ4v) is 3.39. The first-order valence-corrected chi connectivity index (χ1v) is 11.8. The highest BCUT2D eigenvalue weighted by molar-refractivity contribution is 6.27. The number of benzene rings is 3. The summed E-state index contributed by atoms with van der Waals surface area (Å²) in [7, 11) is 0. The van der Waals surface area contributed by atoms with Crippen molar-refractivity contribution in [1.82, 2.24) is 15.3 Å². The molecule has 1 heterocycles. The molecule has 3 aromatic carbocycles. The van der Waals surface area contributed by atoms with Crippen molar-refractivity contribution in [3.63, 3.8) is 0 Å². The van der Waals surface area contributed by atoms with Crippen molar-refractivity contribution in [1.29, 1.82) is 0 Å². The summed E-state index contributed by atoms with van der Waals surface area (Å²) in [6, 6.07) is 23.8. The number of carbonyl (C=O) groups excluding carboxylic acids is 1. The lowest BCUT2D eigenvalue weighted by Crippen LogP contribution is -2.29. The Bertz CT molecular complexity index is 1210. The van der Waals surface area contributed by atoms with Gasteiger partial charge in [0.25, 0.3) is 5.91 Å². The maximum absolute atomic E-state index is 12.7. The second kappa shape index (κ2) is 13.0. The Balaban J connectivity index is 0.000000420. The summed E-state index contributed by atoms with van der Waals surface area (Å²) in [6.45, 7) is 0.535. The molecule has 0 aliphatic carbocycles. The van der Waals surface area contributed by atoms with E-state index in [0.29, 0.717) is 35.9 Å². The average Bonchev–Trinajstić information content (AvgIpc) is 3.31. The van der Waals surface area contributed by atoms with Gasteiger partial charge in [-0.05, 0) is 61.4 Å². The smallest absolute Gasteiger partial charge is 0.251 e. The van der Waals surface area contributed by atoms with Crippen molar-refractivity contribution in [2.24, 2.45) is 10.7 Å². The second-order valence-electron chi connectivity index (χ2n) is 7.85. The fraction of sp³-hybridized carbons (Fsp3) is 0.192. The number of nitrogens with zero attached hydrogens (tertiary/aromatic N) is 2. The molecule has 35 heavy (non-hydrogen) atoms. The third-order valence-electron chi connectivity index (χ3n) is 5.12. The highest BCUT2D eigenvalue weighted by Crippen LogP contribution is 2.21. The van der Waals surface area contributed by atoms with Gasteiger partial charge in [-0.2, -0.15) is 0 Å². The quantitative estimate of drug-likeness (QED) is 0.0820. The molecule has 0 fully saturated rings. The van der Waals surface area contributed by atoms with Gasteiger partial charge < -0.3 is 27.5 Å². The van der Waals surface area contributed by atoms with Gasteiger partial charge in [-0.3, -0.25) is 9.79 Å². The molecule has 0 bridgehead atoms. The number of hydrogen-bond donors (Lipinski definition) is 5. The number of fused-ring (bicyclic) bond motifs is 1. The number of aliphatic imine (C=N–C) groups is 1. The van der Waals surface area contributed by atoms with E-state index in [1.807, 2.05) is 54.6 Å². The molecule has 4 aromatic rings. The Morgan fingerprint density at radius 2 is 1.63 bits per heavy atom. The number of aromatic amines is 1. The van der Waals surface area contributed by atoms with E-state index >= 15 is 0 Å². The molecule has 0 aliphatic heterocycles. The number of aromatic nitrogens is 2. The Kier molecular flexibility index (Phi) is 9.50. The minimum absolute atomic E-state index is 0.186. The van der Waals surface area contributed by atoms with Crippen LogP contribution in [0.1, 0.15) is 35.1 Å². The summed E-state index contributed by atoms with van der Waals surface area (Å²) < 4.78 is 0. The molecule has 0 aliphatic rings. The number of nitrogens with two attached hydrogens (primary N) is 3. The molecule has 4 rings (SSSR count). The second-order valence-corrected chi connectivity index (χ2v) is 8.11. The molecule has 1 atom stereocenters. The zero-order chi connectivity index (χ0) is 25.0. The van der Waals surface area contributed by atoms with E-state index in [1.165, 1.54) is 0 Å². The molecule has 8 nitrogen and oxygen atoms in total. The van der Waals surface area contributed by atoms with Gasteiger partial charge in [0, 0.05) is 23.5 Å². The van der Waals surface area contributed by atoms with Gasteiger partial charge in [-0.25, -0.2) is 4.98 Å². The van der Waals surface area contributed by atoms with Crippen molar-refractivity contribution >= 4 is 45.8 Å². The Morgan fingerprint density at radius 3 is 2.26 bits per heavy atom. The van der Waals surface area contributed by atoms with E-state index in [4.69, 9.17) is 28.8 Å². The number of para-hydroxylation sites is 3. The highest BCUT2D eigenvalue weighted by atomic mass is 35.5. The summed E-state index contributed by atoms with van der Waals surface area (Å²) in [4.78, 5) is 24.8. The number of amidine groups is 1. The van der Waals surface area contributed by atoms with Gasteiger partial charge in [-0.15, -0.1) is 11.6 Å². The molecule has 1 amide bonds. The number of hydrogen-bond acceptors (Lipinski definition) is 5. The van der Waals surface area contributed by atoms with Crippen molar-refractivity contribution in [3.05, 3.63) is 90.3 Å². The summed E-state index contributed by atoms with van der Waals surface area (Å²) in [5.41, 5.74) is 20.5. The number of imidazole rings is 1. The van der Waals surface area contributed by atoms with Gasteiger partial charge in [-0.1, -0.05) is 30.3 Å². The van der Waals surface area contributed by atoms with E-state index < -0.39 is 0 Å². The average molecular weight is 492 g/mol. The van der Waals surface area contributed by atoms with Crippen LogP contribution in [0.4, 0.5) is 11.4 Å². The molecular weight excluding hydrogens is 462 g/mol. The third kappa shape index (κ3) is 8.04. The predicted molar refractivity (Wildman–Crippen MR) is 144 cm³/mol. The van der Waals surface area contributed by atoms with Gasteiger partial charge in [0.1, 0.15) is 11.7 Å². The van der Waals surface area contributed by atoms with E-state index in [-0.39, 0.29) is 17.8 Å². The molecule has 0 radical (unpaired) electrons. The lowest BCUT2D eigenvalue weighted by molar-refractivity contribution is 0.0932. The number of anilines is 2. The molecule has 0 saturated heterocycles. The molecular formula is C26H30ClN7O. The molecule has 8 N–H and O–H groups in total. The largest absolute Gasteiger partial charge is 0.399 e. The maximum Gasteiger partial charge on any atom is 0.251 e. The number of rotatable bonds is 8. The monoisotopic (exact) mass is 491 g/mol. The van der Waals surface area contributed by atoms with Crippen molar-refractivity contribution in [3.8, 4) is 0 Å². The van der Waals surface area contributed by atoms with E-state index in [9.17, 15) is 4.79 Å². The molecule has 0 saturated carbocycles. The van der Waals surface area contributed by atoms with Crippen molar-refractivity contribution < 1.29 is 4.79 Å². The van der Waals surface area contributed by atoms with Crippen LogP contribution in [0.5, 0.6) is 0 Å². The van der Waals surface area contributed by atoms with Crippen LogP contribution in [0.3, 0.4) is 0 Å². The lowest BCUT2D eigenvalue weighted by Gasteiger charge is -2.16. The SMILES string of the molecule is NC(CCl)=NCCCC(NC(=O)c1ccc(N)cc1)c1nc2ccccc2[nH]1.Nc1ccccc1. The number of carbonyl (C=O) groups is 1. The van der Waals surface area contributed by atoms with E-state index in [0.717, 1.165) is 23.1 Å². The Hall–Kier alpha value is -4.04. The van der Waals surface area contributed by atoms with Gasteiger partial charge in [0.15, 0.2) is 0 Å². The van der Waals surface area contributed by atoms with Crippen LogP contribution in [0.25, 0.3) is 11.0 Å². The molecule has 1 aromatic heterocycles. The van der Waals surface area contributed by atoms with Gasteiger partial charge in [0.2, 0.25) is 0 Å². The van der Waals surface area contributed by atoms with Crippen LogP contribution in [0, 0.1) is 0 Å². The van der Waals surface area contributed by atoms with Gasteiger partial charge >= 0.3 is 0 Å². The van der Waals surface area contributed by atoms with Crippen LogP contribution in [0.15, 0.2) is 83.9 Å². The first-order chi connectivity index (χ1) is 17.0. The number of nitrogens with one attached hydrogen (secondary N) is 2.